The first-order valence-corrected chi connectivity index (χ1v) is 8.44. The molecule has 0 aliphatic carbocycles. The molecule has 6 nitrogen and oxygen atoms in total. The molecule has 1 aromatic carbocycles. The Morgan fingerprint density at radius 3 is 3.00 bits per heavy atom. The predicted molar refractivity (Wildman–Crippen MR) is 88.8 cm³/mol. The van der Waals surface area contributed by atoms with Crippen molar-refractivity contribution in [3.05, 3.63) is 52.3 Å². The summed E-state index contributed by atoms with van der Waals surface area (Å²) in [6.07, 6.45) is 2.54. The Labute approximate surface area is 144 Å². The van der Waals surface area contributed by atoms with Crippen LogP contribution in [0.15, 0.2) is 39.6 Å². The number of H-pyrrole nitrogens is 1. The lowest BCUT2D eigenvalue weighted by molar-refractivity contribution is -0.133. The number of hydrogen-bond donors (Lipinski definition) is 1. The first-order chi connectivity index (χ1) is 12.1. The van der Waals surface area contributed by atoms with E-state index < -0.39 is 0 Å². The topological polar surface area (TPSA) is 75.5 Å². The minimum atomic E-state index is -0.376. The molecule has 0 spiro atoms. The van der Waals surface area contributed by atoms with Gasteiger partial charge in [-0.05, 0) is 25.0 Å². The van der Waals surface area contributed by atoms with E-state index in [4.69, 9.17) is 9.26 Å². The van der Waals surface area contributed by atoms with Crippen LogP contribution < -0.4 is 10.3 Å². The average Bonchev–Trinajstić information content (AvgIpc) is 3.04. The standard InChI is InChI=1S/C18H21FN2O4/c19-15-5-1-2-6-16(15)24-12-13-4-3-9-21(11-13)18(23)8-7-14-10-17(22)20-25-14/h1-2,5-6,10,13H,3-4,7-9,11-12H2,(H,20,22)/t13-/m1/s1. The number of amides is 1. The largest absolute Gasteiger partial charge is 0.490 e. The van der Waals surface area contributed by atoms with Gasteiger partial charge in [-0.2, -0.15) is 5.16 Å². The van der Waals surface area contributed by atoms with Gasteiger partial charge in [-0.1, -0.05) is 12.1 Å². The molecule has 25 heavy (non-hydrogen) atoms. The molecule has 2 aromatic rings. The van der Waals surface area contributed by atoms with Crippen LogP contribution in [0, 0.1) is 11.7 Å². The summed E-state index contributed by atoms with van der Waals surface area (Å²) in [7, 11) is 0. The van der Waals surface area contributed by atoms with Crippen LogP contribution in [0.25, 0.3) is 0 Å². The van der Waals surface area contributed by atoms with Crippen LogP contribution in [0.1, 0.15) is 25.0 Å². The first-order valence-electron chi connectivity index (χ1n) is 8.44. The summed E-state index contributed by atoms with van der Waals surface area (Å²) >= 11 is 0. The van der Waals surface area contributed by atoms with E-state index in [1.165, 1.54) is 12.1 Å². The highest BCUT2D eigenvalue weighted by Gasteiger charge is 2.24. The van der Waals surface area contributed by atoms with E-state index in [0.29, 0.717) is 38.3 Å². The molecule has 1 aliphatic heterocycles. The molecular weight excluding hydrogens is 327 g/mol. The van der Waals surface area contributed by atoms with Gasteiger partial charge in [0.2, 0.25) is 5.91 Å². The van der Waals surface area contributed by atoms with Gasteiger partial charge in [-0.25, -0.2) is 4.39 Å². The molecule has 0 unspecified atom stereocenters. The van der Waals surface area contributed by atoms with Crippen LogP contribution in [-0.2, 0) is 11.2 Å². The van der Waals surface area contributed by atoms with Crippen molar-refractivity contribution in [1.82, 2.24) is 10.1 Å². The summed E-state index contributed by atoms with van der Waals surface area (Å²) in [6.45, 7) is 1.70. The van der Waals surface area contributed by atoms with E-state index in [2.05, 4.69) is 5.16 Å². The van der Waals surface area contributed by atoms with Crippen LogP contribution in [0.4, 0.5) is 4.39 Å². The molecule has 0 saturated carbocycles. The second-order valence-corrected chi connectivity index (χ2v) is 6.27. The zero-order valence-corrected chi connectivity index (χ0v) is 13.9. The van der Waals surface area contributed by atoms with Gasteiger partial charge >= 0.3 is 0 Å². The normalized spacial score (nSPS) is 17.5. The SMILES string of the molecule is O=C(CCc1cc(=O)[nH]o1)N1CCC[C@@H](COc2ccccc2F)C1. The van der Waals surface area contributed by atoms with Gasteiger partial charge in [-0.3, -0.25) is 9.59 Å². The number of likely N-dealkylation sites (tertiary alicyclic amines) is 1. The van der Waals surface area contributed by atoms with Crippen molar-refractivity contribution in [3.63, 3.8) is 0 Å². The molecule has 3 rings (SSSR count). The van der Waals surface area contributed by atoms with E-state index in [-0.39, 0.29) is 29.0 Å². The number of para-hydroxylation sites is 1. The van der Waals surface area contributed by atoms with Gasteiger partial charge in [0.15, 0.2) is 11.6 Å². The Bertz CT molecular complexity index is 770. The zero-order chi connectivity index (χ0) is 17.6. The third-order valence-electron chi connectivity index (χ3n) is 4.34. The van der Waals surface area contributed by atoms with E-state index in [9.17, 15) is 14.0 Å². The lowest BCUT2D eigenvalue weighted by Crippen LogP contribution is -2.41. The van der Waals surface area contributed by atoms with Crippen LogP contribution in [0.2, 0.25) is 0 Å². The molecule has 1 amide bonds. The fourth-order valence-electron chi connectivity index (χ4n) is 3.03. The summed E-state index contributed by atoms with van der Waals surface area (Å²) in [6, 6.07) is 7.68. The number of rotatable bonds is 6. The number of nitrogens with zero attached hydrogens (tertiary/aromatic N) is 1. The number of hydrogen-bond acceptors (Lipinski definition) is 4. The highest BCUT2D eigenvalue weighted by molar-refractivity contribution is 5.76. The van der Waals surface area contributed by atoms with Gasteiger partial charge in [0, 0.05) is 37.9 Å². The molecule has 1 aliphatic rings. The summed E-state index contributed by atoms with van der Waals surface area (Å²) in [5.41, 5.74) is -0.300. The number of carbonyl (C=O) groups excluding carboxylic acids is 1. The molecule has 7 heteroatoms. The molecule has 2 heterocycles. The minimum Gasteiger partial charge on any atom is -0.490 e. The lowest BCUT2D eigenvalue weighted by atomic mass is 9.98. The number of benzene rings is 1. The monoisotopic (exact) mass is 348 g/mol. The third kappa shape index (κ3) is 4.71. The fraction of sp³-hybridized carbons (Fsp3) is 0.444. The first kappa shape index (κ1) is 17.3. The van der Waals surface area contributed by atoms with Crippen molar-refractivity contribution in [2.45, 2.75) is 25.7 Å². The lowest BCUT2D eigenvalue weighted by Gasteiger charge is -2.32. The third-order valence-corrected chi connectivity index (χ3v) is 4.34. The van der Waals surface area contributed by atoms with Crippen LogP contribution in [0.3, 0.4) is 0 Å². The molecule has 1 N–H and O–H groups in total. The number of ether oxygens (including phenoxy) is 1. The molecule has 1 aromatic heterocycles. The number of carbonyl (C=O) groups is 1. The van der Waals surface area contributed by atoms with Crippen molar-refractivity contribution in [3.8, 4) is 5.75 Å². The molecule has 1 saturated heterocycles. The van der Waals surface area contributed by atoms with Crippen molar-refractivity contribution in [2.24, 2.45) is 5.92 Å². The van der Waals surface area contributed by atoms with Gasteiger partial charge in [0.25, 0.3) is 5.56 Å². The predicted octanol–water partition coefficient (Wildman–Crippen LogP) is 2.36. The summed E-state index contributed by atoms with van der Waals surface area (Å²) in [5, 5.41) is 2.21. The van der Waals surface area contributed by atoms with Crippen LogP contribution >= 0.6 is 0 Å². The quantitative estimate of drug-likeness (QED) is 0.869. The van der Waals surface area contributed by atoms with Crippen molar-refractivity contribution in [1.29, 1.82) is 0 Å². The number of aromatic amines is 1. The number of nitrogens with one attached hydrogen (secondary N) is 1. The Morgan fingerprint density at radius 2 is 2.24 bits per heavy atom. The maximum Gasteiger partial charge on any atom is 0.280 e. The number of aryl methyl sites for hydroxylation is 1. The van der Waals surface area contributed by atoms with Crippen LogP contribution in [-0.4, -0.2) is 35.7 Å². The van der Waals surface area contributed by atoms with E-state index in [1.54, 1.807) is 18.2 Å². The highest BCUT2D eigenvalue weighted by Crippen LogP contribution is 2.21. The Kier molecular flexibility index (Phi) is 5.53. The minimum absolute atomic E-state index is 0.0273. The van der Waals surface area contributed by atoms with Gasteiger partial charge in [0.1, 0.15) is 5.76 Å². The second-order valence-electron chi connectivity index (χ2n) is 6.27. The molecule has 134 valence electrons. The second kappa shape index (κ2) is 8.00. The Balaban J connectivity index is 1.47. The maximum absolute atomic E-state index is 13.6. The summed E-state index contributed by atoms with van der Waals surface area (Å²) < 4.78 is 24.1. The maximum atomic E-state index is 13.6. The smallest absolute Gasteiger partial charge is 0.280 e. The highest BCUT2D eigenvalue weighted by atomic mass is 19.1. The number of aromatic nitrogens is 1. The van der Waals surface area contributed by atoms with Crippen LogP contribution in [0.5, 0.6) is 5.75 Å². The molecule has 0 bridgehead atoms. The van der Waals surface area contributed by atoms with E-state index >= 15 is 0 Å². The average molecular weight is 348 g/mol. The molecule has 1 fully saturated rings. The van der Waals surface area contributed by atoms with E-state index in [0.717, 1.165) is 12.8 Å². The fourth-order valence-corrected chi connectivity index (χ4v) is 3.03. The number of piperidine rings is 1. The van der Waals surface area contributed by atoms with Crippen molar-refractivity contribution >= 4 is 5.91 Å². The Morgan fingerprint density at radius 1 is 1.40 bits per heavy atom. The summed E-state index contributed by atoms with van der Waals surface area (Å²) in [4.78, 5) is 25.2. The van der Waals surface area contributed by atoms with Crippen molar-refractivity contribution in [2.75, 3.05) is 19.7 Å². The summed E-state index contributed by atoms with van der Waals surface area (Å²) in [5.74, 6) is 0.560. The molecule has 1 atom stereocenters. The van der Waals surface area contributed by atoms with Gasteiger partial charge < -0.3 is 14.2 Å². The van der Waals surface area contributed by atoms with Gasteiger partial charge in [-0.15, -0.1) is 0 Å². The Hall–Kier alpha value is -2.57. The molecule has 0 radical (unpaired) electrons. The van der Waals surface area contributed by atoms with E-state index in [1.807, 2.05) is 4.90 Å². The zero-order valence-electron chi connectivity index (χ0n) is 13.9. The van der Waals surface area contributed by atoms with Crippen molar-refractivity contribution < 1.29 is 18.4 Å². The number of halogens is 1. The van der Waals surface area contributed by atoms with Gasteiger partial charge in [0.05, 0.1) is 6.61 Å². The molecular formula is C18H21FN2O4.